The van der Waals surface area contributed by atoms with Crippen LogP contribution in [0, 0.1) is 6.92 Å². The zero-order chi connectivity index (χ0) is 9.54. The maximum Gasteiger partial charge on any atom is 0.205 e. The summed E-state index contributed by atoms with van der Waals surface area (Å²) in [6.45, 7) is 1.98. The maximum atomic E-state index is 4.51. The Hall–Kier alpha value is -0.640. The van der Waals surface area contributed by atoms with E-state index in [1.807, 2.05) is 6.92 Å². The standard InChI is InChI=1S/C10H15N3S/c1-7-11-10(14-12-7)13-8-3-2-4-9(13)6-5-8/h8-9H,2-6H2,1H3. The predicted octanol–water partition coefficient (Wildman–Crippen LogP) is 2.37. The van der Waals surface area contributed by atoms with Crippen molar-refractivity contribution in [2.75, 3.05) is 4.90 Å². The van der Waals surface area contributed by atoms with Gasteiger partial charge in [0.15, 0.2) is 0 Å². The zero-order valence-electron chi connectivity index (χ0n) is 8.44. The number of piperidine rings is 1. The van der Waals surface area contributed by atoms with Crippen LogP contribution >= 0.6 is 11.5 Å². The second-order valence-electron chi connectivity index (χ2n) is 4.35. The van der Waals surface area contributed by atoms with Gasteiger partial charge in [-0.2, -0.15) is 4.37 Å². The highest BCUT2D eigenvalue weighted by Crippen LogP contribution is 2.39. The van der Waals surface area contributed by atoms with E-state index >= 15 is 0 Å². The van der Waals surface area contributed by atoms with Crippen molar-refractivity contribution >= 4 is 16.7 Å². The molecule has 0 aliphatic carbocycles. The smallest absolute Gasteiger partial charge is 0.205 e. The van der Waals surface area contributed by atoms with Crippen molar-refractivity contribution in [1.82, 2.24) is 9.36 Å². The molecule has 0 saturated carbocycles. The largest absolute Gasteiger partial charge is 0.341 e. The molecule has 4 heteroatoms. The van der Waals surface area contributed by atoms with Crippen LogP contribution in [-0.2, 0) is 0 Å². The molecule has 2 fully saturated rings. The molecule has 2 unspecified atom stereocenters. The molecule has 76 valence electrons. The van der Waals surface area contributed by atoms with Gasteiger partial charge in [-0.15, -0.1) is 0 Å². The minimum Gasteiger partial charge on any atom is -0.341 e. The highest BCUT2D eigenvalue weighted by Gasteiger charge is 2.37. The third-order valence-corrected chi connectivity index (χ3v) is 4.25. The van der Waals surface area contributed by atoms with E-state index in [0.717, 1.165) is 23.0 Å². The molecule has 2 aliphatic rings. The fraction of sp³-hybridized carbons (Fsp3) is 0.800. The summed E-state index contributed by atoms with van der Waals surface area (Å²) in [6.07, 6.45) is 6.85. The minimum absolute atomic E-state index is 0.765. The van der Waals surface area contributed by atoms with Gasteiger partial charge in [-0.3, -0.25) is 0 Å². The van der Waals surface area contributed by atoms with E-state index < -0.39 is 0 Å². The molecule has 0 amide bonds. The van der Waals surface area contributed by atoms with Crippen LogP contribution in [-0.4, -0.2) is 21.4 Å². The average molecular weight is 209 g/mol. The van der Waals surface area contributed by atoms with E-state index in [9.17, 15) is 0 Å². The Morgan fingerprint density at radius 2 is 1.93 bits per heavy atom. The lowest BCUT2D eigenvalue weighted by Gasteiger charge is -2.34. The number of anilines is 1. The molecule has 0 aromatic carbocycles. The summed E-state index contributed by atoms with van der Waals surface area (Å²) < 4.78 is 4.28. The lowest BCUT2D eigenvalue weighted by atomic mass is 10.0. The second-order valence-corrected chi connectivity index (χ2v) is 5.08. The summed E-state index contributed by atoms with van der Waals surface area (Å²) in [7, 11) is 0. The molecule has 0 N–H and O–H groups in total. The third kappa shape index (κ3) is 1.24. The number of aromatic nitrogens is 2. The van der Waals surface area contributed by atoms with Gasteiger partial charge in [0.2, 0.25) is 5.13 Å². The van der Waals surface area contributed by atoms with Crippen molar-refractivity contribution in [3.8, 4) is 0 Å². The van der Waals surface area contributed by atoms with Crippen LogP contribution in [0.3, 0.4) is 0 Å². The van der Waals surface area contributed by atoms with Crippen molar-refractivity contribution < 1.29 is 0 Å². The molecule has 0 spiro atoms. The summed E-state index contributed by atoms with van der Waals surface area (Å²) in [5.74, 6) is 0.926. The molecule has 14 heavy (non-hydrogen) atoms. The molecule has 1 aromatic heterocycles. The van der Waals surface area contributed by atoms with Gasteiger partial charge in [0, 0.05) is 23.6 Å². The summed E-state index contributed by atoms with van der Waals surface area (Å²) in [4.78, 5) is 7.04. The van der Waals surface area contributed by atoms with Gasteiger partial charge >= 0.3 is 0 Å². The molecule has 2 aliphatic heterocycles. The molecule has 3 nitrogen and oxygen atoms in total. The zero-order valence-corrected chi connectivity index (χ0v) is 9.26. The Morgan fingerprint density at radius 3 is 2.50 bits per heavy atom. The van der Waals surface area contributed by atoms with Crippen LogP contribution in [0.5, 0.6) is 0 Å². The quantitative estimate of drug-likeness (QED) is 0.711. The van der Waals surface area contributed by atoms with Gasteiger partial charge < -0.3 is 4.90 Å². The van der Waals surface area contributed by atoms with Crippen LogP contribution in [0.15, 0.2) is 0 Å². The summed E-state index contributed by atoms with van der Waals surface area (Å²) in [5, 5.41) is 1.16. The SMILES string of the molecule is Cc1nsc(N2C3CCCC2CC3)n1. The van der Waals surface area contributed by atoms with Crippen LogP contribution in [0.25, 0.3) is 0 Å². The average Bonchev–Trinajstić information content (AvgIpc) is 2.68. The lowest BCUT2D eigenvalue weighted by Crippen LogP contribution is -2.39. The van der Waals surface area contributed by atoms with Gasteiger partial charge in [-0.1, -0.05) is 0 Å². The number of nitrogens with zero attached hydrogens (tertiary/aromatic N) is 3. The molecule has 2 saturated heterocycles. The number of aryl methyl sites for hydroxylation is 1. The molecular formula is C10H15N3S. The van der Waals surface area contributed by atoms with E-state index in [2.05, 4.69) is 14.3 Å². The molecule has 1 aromatic rings. The third-order valence-electron chi connectivity index (χ3n) is 3.43. The van der Waals surface area contributed by atoms with Crippen LogP contribution in [0.2, 0.25) is 0 Å². The highest BCUT2D eigenvalue weighted by molar-refractivity contribution is 7.09. The van der Waals surface area contributed by atoms with Crippen molar-refractivity contribution in [3.05, 3.63) is 5.82 Å². The van der Waals surface area contributed by atoms with Gasteiger partial charge in [-0.05, 0) is 39.0 Å². The summed E-state index contributed by atoms with van der Waals surface area (Å²) >= 11 is 1.57. The predicted molar refractivity (Wildman–Crippen MR) is 57.8 cm³/mol. The summed E-state index contributed by atoms with van der Waals surface area (Å²) in [6, 6.07) is 1.53. The molecule has 0 radical (unpaired) electrons. The first-order chi connectivity index (χ1) is 6.84. The van der Waals surface area contributed by atoms with Gasteiger partial charge in [0.05, 0.1) is 0 Å². The molecule has 3 heterocycles. The molecule has 2 bridgehead atoms. The topological polar surface area (TPSA) is 29.0 Å². The summed E-state index contributed by atoms with van der Waals surface area (Å²) in [5.41, 5.74) is 0. The number of fused-ring (bicyclic) bond motifs is 2. The molecule has 2 atom stereocenters. The number of hydrogen-bond acceptors (Lipinski definition) is 4. The van der Waals surface area contributed by atoms with E-state index in [4.69, 9.17) is 0 Å². The Bertz CT molecular complexity index is 320. The fourth-order valence-electron chi connectivity index (χ4n) is 2.82. The lowest BCUT2D eigenvalue weighted by molar-refractivity contribution is 0.467. The van der Waals surface area contributed by atoms with Crippen molar-refractivity contribution in [2.24, 2.45) is 0 Å². The van der Waals surface area contributed by atoms with Crippen molar-refractivity contribution in [2.45, 2.75) is 51.1 Å². The fourth-order valence-corrected chi connectivity index (χ4v) is 3.64. The maximum absolute atomic E-state index is 4.51. The first-order valence-corrected chi connectivity index (χ1v) is 6.20. The van der Waals surface area contributed by atoms with E-state index in [1.54, 1.807) is 11.5 Å². The molecule has 3 rings (SSSR count). The van der Waals surface area contributed by atoms with Gasteiger partial charge in [0.1, 0.15) is 5.82 Å². The Kier molecular flexibility index (Phi) is 1.97. The Balaban J connectivity index is 1.91. The first-order valence-electron chi connectivity index (χ1n) is 5.43. The first kappa shape index (κ1) is 8.65. The number of hydrogen-bond donors (Lipinski definition) is 0. The van der Waals surface area contributed by atoms with Crippen LogP contribution < -0.4 is 4.90 Å². The van der Waals surface area contributed by atoms with E-state index in [1.165, 1.54) is 32.1 Å². The minimum atomic E-state index is 0.765. The van der Waals surface area contributed by atoms with E-state index in [-0.39, 0.29) is 0 Å². The van der Waals surface area contributed by atoms with Crippen LogP contribution in [0.4, 0.5) is 5.13 Å². The van der Waals surface area contributed by atoms with E-state index in [0.29, 0.717) is 0 Å². The molecular weight excluding hydrogens is 194 g/mol. The van der Waals surface area contributed by atoms with Gasteiger partial charge in [0.25, 0.3) is 0 Å². The van der Waals surface area contributed by atoms with Gasteiger partial charge in [-0.25, -0.2) is 4.98 Å². The van der Waals surface area contributed by atoms with Crippen molar-refractivity contribution in [3.63, 3.8) is 0 Å². The number of rotatable bonds is 1. The highest BCUT2D eigenvalue weighted by atomic mass is 32.1. The normalized spacial score (nSPS) is 31.1. The second kappa shape index (κ2) is 3.19. The van der Waals surface area contributed by atoms with Crippen LogP contribution in [0.1, 0.15) is 37.9 Å². The Morgan fingerprint density at radius 1 is 1.21 bits per heavy atom. The van der Waals surface area contributed by atoms with Crippen molar-refractivity contribution in [1.29, 1.82) is 0 Å². The Labute approximate surface area is 88.3 Å². The monoisotopic (exact) mass is 209 g/mol.